The van der Waals surface area contributed by atoms with E-state index in [4.69, 9.17) is 4.74 Å². The molecule has 106 valence electrons. The molecule has 0 spiro atoms. The van der Waals surface area contributed by atoms with Gasteiger partial charge in [-0.05, 0) is 61.6 Å². The van der Waals surface area contributed by atoms with Crippen molar-refractivity contribution in [3.63, 3.8) is 0 Å². The third kappa shape index (κ3) is 5.25. The summed E-state index contributed by atoms with van der Waals surface area (Å²) >= 11 is 1.57. The van der Waals surface area contributed by atoms with E-state index in [0.717, 1.165) is 6.07 Å². The second kappa shape index (κ2) is 5.56. The Morgan fingerprint density at radius 3 is 2.26 bits per heavy atom. The van der Waals surface area contributed by atoms with E-state index in [9.17, 15) is 18.0 Å². The van der Waals surface area contributed by atoms with Gasteiger partial charge in [0.25, 0.3) is 0 Å². The summed E-state index contributed by atoms with van der Waals surface area (Å²) in [4.78, 5) is 11.5. The van der Waals surface area contributed by atoms with Gasteiger partial charge >= 0.3 is 12.3 Å². The summed E-state index contributed by atoms with van der Waals surface area (Å²) < 4.78 is 42.7. The van der Waals surface area contributed by atoms with Crippen molar-refractivity contribution in [3.8, 4) is 0 Å². The molecule has 0 fully saturated rings. The molecule has 7 heteroatoms. The van der Waals surface area contributed by atoms with Gasteiger partial charge in [-0.2, -0.15) is 13.2 Å². The summed E-state index contributed by atoms with van der Waals surface area (Å²) in [6.07, 6.45) is -5.11. The molecule has 0 aliphatic heterocycles. The second-order valence-electron chi connectivity index (χ2n) is 4.82. The molecule has 1 amide bonds. The van der Waals surface area contributed by atoms with E-state index >= 15 is 0 Å². The number of rotatable bonds is 1. The van der Waals surface area contributed by atoms with Crippen LogP contribution in [0.5, 0.6) is 0 Å². The average molecular weight is 387 g/mol. The first kappa shape index (κ1) is 16.1. The van der Waals surface area contributed by atoms with Gasteiger partial charge in [0.2, 0.25) is 0 Å². The van der Waals surface area contributed by atoms with Crippen molar-refractivity contribution >= 4 is 34.4 Å². The molecule has 1 N–H and O–H groups in total. The largest absolute Gasteiger partial charge is 0.444 e. The number of amides is 1. The minimum atomic E-state index is -4.40. The first-order valence-electron chi connectivity index (χ1n) is 5.36. The Bertz CT molecular complexity index is 481. The number of carbonyl (C=O) groups is 1. The molecular formula is C12H13F3INO2. The van der Waals surface area contributed by atoms with Gasteiger partial charge in [-0.15, -0.1) is 0 Å². The molecule has 1 aromatic rings. The molecule has 0 aliphatic carbocycles. The van der Waals surface area contributed by atoms with Gasteiger partial charge in [0, 0.05) is 9.26 Å². The second-order valence-corrected chi connectivity index (χ2v) is 5.98. The van der Waals surface area contributed by atoms with Crippen LogP contribution in [0.4, 0.5) is 23.7 Å². The Hall–Kier alpha value is -0.990. The summed E-state index contributed by atoms with van der Waals surface area (Å²) in [6, 6.07) is 3.36. The molecule has 19 heavy (non-hydrogen) atoms. The Balaban J connectivity index is 2.83. The van der Waals surface area contributed by atoms with Crippen LogP contribution in [0.1, 0.15) is 26.3 Å². The molecule has 0 saturated carbocycles. The molecule has 0 heterocycles. The Morgan fingerprint density at radius 1 is 1.26 bits per heavy atom. The normalized spacial score (nSPS) is 12.2. The first-order chi connectivity index (χ1) is 8.49. The van der Waals surface area contributed by atoms with Crippen molar-refractivity contribution in [2.75, 3.05) is 5.32 Å². The third-order valence-corrected chi connectivity index (χ3v) is 2.81. The average Bonchev–Trinajstić information content (AvgIpc) is 2.11. The van der Waals surface area contributed by atoms with Gasteiger partial charge in [-0.25, -0.2) is 4.79 Å². The maximum Gasteiger partial charge on any atom is 0.417 e. The number of anilines is 1. The van der Waals surface area contributed by atoms with Crippen molar-refractivity contribution in [3.05, 3.63) is 27.3 Å². The topological polar surface area (TPSA) is 38.3 Å². The quantitative estimate of drug-likeness (QED) is 0.713. The number of carbonyl (C=O) groups excluding carboxylic acids is 1. The zero-order valence-electron chi connectivity index (χ0n) is 10.6. The van der Waals surface area contributed by atoms with Crippen LogP contribution >= 0.6 is 22.6 Å². The molecular weight excluding hydrogens is 374 g/mol. The van der Waals surface area contributed by atoms with E-state index in [2.05, 4.69) is 5.32 Å². The SMILES string of the molecule is CC(C)(C)OC(=O)Nc1ccc(C(F)(F)F)c(I)c1. The first-order valence-corrected chi connectivity index (χ1v) is 6.44. The summed E-state index contributed by atoms with van der Waals surface area (Å²) in [6.45, 7) is 5.09. The predicted octanol–water partition coefficient (Wildman–Crippen LogP) is 4.66. The summed E-state index contributed by atoms with van der Waals surface area (Å²) in [5.74, 6) is 0. The van der Waals surface area contributed by atoms with Crippen molar-refractivity contribution in [2.45, 2.75) is 32.5 Å². The van der Waals surface area contributed by atoms with E-state index in [1.807, 2.05) is 0 Å². The molecule has 1 aromatic carbocycles. The molecule has 1 rings (SSSR count). The highest BCUT2D eigenvalue weighted by molar-refractivity contribution is 14.1. The molecule has 0 atom stereocenters. The molecule has 0 aliphatic rings. The lowest BCUT2D eigenvalue weighted by Crippen LogP contribution is -2.27. The minimum Gasteiger partial charge on any atom is -0.444 e. The molecule has 3 nitrogen and oxygen atoms in total. The molecule has 0 radical (unpaired) electrons. The summed E-state index contributed by atoms with van der Waals surface area (Å²) in [5.41, 5.74) is -1.14. The van der Waals surface area contributed by atoms with Gasteiger partial charge in [-0.1, -0.05) is 0 Å². The lowest BCUT2D eigenvalue weighted by Gasteiger charge is -2.20. The molecule has 0 saturated heterocycles. The number of alkyl halides is 3. The number of halogens is 4. The minimum absolute atomic E-state index is 0.0126. The number of hydrogen-bond acceptors (Lipinski definition) is 2. The number of hydrogen-bond donors (Lipinski definition) is 1. The van der Waals surface area contributed by atoms with Gasteiger partial charge in [-0.3, -0.25) is 5.32 Å². The van der Waals surface area contributed by atoms with Crippen LogP contribution in [0.25, 0.3) is 0 Å². The van der Waals surface area contributed by atoms with Gasteiger partial charge < -0.3 is 4.74 Å². The number of nitrogens with one attached hydrogen (secondary N) is 1. The number of ether oxygens (including phenoxy) is 1. The van der Waals surface area contributed by atoms with E-state index in [0.29, 0.717) is 0 Å². The van der Waals surface area contributed by atoms with Crippen LogP contribution in [-0.2, 0) is 10.9 Å². The van der Waals surface area contributed by atoms with Crippen LogP contribution < -0.4 is 5.32 Å². The maximum atomic E-state index is 12.5. The maximum absolute atomic E-state index is 12.5. The lowest BCUT2D eigenvalue weighted by molar-refractivity contribution is -0.138. The van der Waals surface area contributed by atoms with Crippen LogP contribution in [0.3, 0.4) is 0 Å². The molecule has 0 aromatic heterocycles. The fourth-order valence-electron chi connectivity index (χ4n) is 1.24. The Morgan fingerprint density at radius 2 is 1.84 bits per heavy atom. The van der Waals surface area contributed by atoms with Gasteiger partial charge in [0.05, 0.1) is 5.56 Å². The van der Waals surface area contributed by atoms with Crippen molar-refractivity contribution in [2.24, 2.45) is 0 Å². The fraction of sp³-hybridized carbons (Fsp3) is 0.417. The van der Waals surface area contributed by atoms with Crippen LogP contribution in [0.15, 0.2) is 18.2 Å². The molecule has 0 bridgehead atoms. The van der Waals surface area contributed by atoms with Gasteiger partial charge in [0.1, 0.15) is 5.60 Å². The Kier molecular flexibility index (Phi) is 4.70. The van der Waals surface area contributed by atoms with Crippen molar-refractivity contribution < 1.29 is 22.7 Å². The predicted molar refractivity (Wildman–Crippen MR) is 74.0 cm³/mol. The lowest BCUT2D eigenvalue weighted by atomic mass is 10.2. The zero-order chi connectivity index (χ0) is 14.8. The van der Waals surface area contributed by atoms with E-state index in [-0.39, 0.29) is 9.26 Å². The Labute approximate surface area is 122 Å². The number of benzene rings is 1. The fourth-order valence-corrected chi connectivity index (χ4v) is 2.07. The van der Waals surface area contributed by atoms with Crippen LogP contribution in [0, 0.1) is 3.57 Å². The van der Waals surface area contributed by atoms with E-state index in [1.54, 1.807) is 43.4 Å². The summed E-state index contributed by atoms with van der Waals surface area (Å²) in [7, 11) is 0. The van der Waals surface area contributed by atoms with Crippen molar-refractivity contribution in [1.82, 2.24) is 0 Å². The van der Waals surface area contributed by atoms with E-state index in [1.165, 1.54) is 12.1 Å². The van der Waals surface area contributed by atoms with Gasteiger partial charge in [0.15, 0.2) is 0 Å². The highest BCUT2D eigenvalue weighted by Gasteiger charge is 2.32. The van der Waals surface area contributed by atoms with Crippen LogP contribution in [-0.4, -0.2) is 11.7 Å². The third-order valence-electron chi connectivity index (χ3n) is 1.92. The smallest absolute Gasteiger partial charge is 0.417 e. The highest BCUT2D eigenvalue weighted by atomic mass is 127. The monoisotopic (exact) mass is 387 g/mol. The zero-order valence-corrected chi connectivity index (χ0v) is 12.7. The summed E-state index contributed by atoms with van der Waals surface area (Å²) in [5, 5.41) is 2.38. The van der Waals surface area contributed by atoms with Crippen LogP contribution in [0.2, 0.25) is 0 Å². The van der Waals surface area contributed by atoms with Crippen molar-refractivity contribution in [1.29, 1.82) is 0 Å². The standard InChI is InChI=1S/C12H13F3INO2/c1-11(2,3)19-10(18)17-7-4-5-8(9(16)6-7)12(13,14)15/h4-6H,1-3H3,(H,17,18). The highest BCUT2D eigenvalue weighted by Crippen LogP contribution is 2.34. The molecule has 0 unspecified atom stereocenters. The van der Waals surface area contributed by atoms with E-state index < -0.39 is 23.4 Å².